The van der Waals surface area contributed by atoms with Crippen LogP contribution in [0.15, 0.2) is 35.1 Å². The van der Waals surface area contributed by atoms with E-state index in [1.54, 1.807) is 4.98 Å². The number of nitrogens with two attached hydrogens (primary N) is 1. The zero-order valence-corrected chi connectivity index (χ0v) is 16.3. The number of carbonyl (C=O) groups is 1. The molecule has 0 radical (unpaired) electrons. The normalized spacial score (nSPS) is 18.8. The maximum absolute atomic E-state index is 13.4. The van der Waals surface area contributed by atoms with Gasteiger partial charge in [0.25, 0.3) is 11.5 Å². The molecule has 1 aliphatic heterocycles. The Balaban J connectivity index is 1.79. The topological polar surface area (TPSA) is 104 Å². The highest BCUT2D eigenvalue weighted by atomic mass is 19.4. The number of primary amides is 1. The Morgan fingerprint density at radius 2 is 1.97 bits per heavy atom. The lowest BCUT2D eigenvalue weighted by molar-refractivity contribution is -0.181. The molecule has 30 heavy (non-hydrogen) atoms. The fourth-order valence-corrected chi connectivity index (χ4v) is 2.91. The molecule has 3 rings (SSSR count). The van der Waals surface area contributed by atoms with Crippen LogP contribution < -0.4 is 16.0 Å². The summed E-state index contributed by atoms with van der Waals surface area (Å²) in [6.07, 6.45) is -5.08. The van der Waals surface area contributed by atoms with E-state index in [0.717, 1.165) is 6.07 Å². The lowest BCUT2D eigenvalue weighted by atomic mass is 10.0. The van der Waals surface area contributed by atoms with Crippen LogP contribution in [-0.4, -0.2) is 42.4 Å². The van der Waals surface area contributed by atoms with Gasteiger partial charge in [-0.25, -0.2) is 0 Å². The number of aromatic nitrogens is 1. The molecule has 10 heteroatoms. The number of rotatable bonds is 5. The second-order valence-corrected chi connectivity index (χ2v) is 7.50. The number of ether oxygens (including phenoxy) is 3. The standard InChI is InChI=1S/C20H21F3N2O5/c1-19(2)10-29-13(9-30-19)8-28-12-5-3-11(4-6-12)14-7-15(17(24)26)18(27)25-16(14)20(21,22)23/h3-7,13H,8-10H2,1-2H3,(H2,24,26)(H,25,27). The first-order valence-corrected chi connectivity index (χ1v) is 9.09. The van der Waals surface area contributed by atoms with E-state index in [4.69, 9.17) is 19.9 Å². The number of benzene rings is 1. The van der Waals surface area contributed by atoms with Crippen LogP contribution in [-0.2, 0) is 15.7 Å². The number of hydrogen-bond donors (Lipinski definition) is 2. The van der Waals surface area contributed by atoms with Gasteiger partial charge in [-0.15, -0.1) is 0 Å². The van der Waals surface area contributed by atoms with E-state index in [2.05, 4.69) is 0 Å². The fraction of sp³-hybridized carbons (Fsp3) is 0.400. The van der Waals surface area contributed by atoms with Gasteiger partial charge in [0.15, 0.2) is 0 Å². The smallest absolute Gasteiger partial charge is 0.431 e. The van der Waals surface area contributed by atoms with Gasteiger partial charge >= 0.3 is 6.18 Å². The van der Waals surface area contributed by atoms with Gasteiger partial charge < -0.3 is 24.9 Å². The average Bonchev–Trinajstić information content (AvgIpc) is 2.66. The monoisotopic (exact) mass is 426 g/mol. The van der Waals surface area contributed by atoms with Gasteiger partial charge in [-0.05, 0) is 37.6 Å². The molecule has 1 aromatic carbocycles. The molecule has 1 aromatic heterocycles. The number of aromatic amines is 1. The molecule has 1 atom stereocenters. The first-order chi connectivity index (χ1) is 14.0. The highest BCUT2D eigenvalue weighted by Crippen LogP contribution is 2.35. The van der Waals surface area contributed by atoms with Crippen molar-refractivity contribution in [3.63, 3.8) is 0 Å². The lowest BCUT2D eigenvalue weighted by Gasteiger charge is -2.34. The SMILES string of the molecule is CC1(C)COC(COc2ccc(-c3cc(C(N)=O)c(=O)[nH]c3C(F)(F)F)cc2)CO1. The first kappa shape index (κ1) is 21.8. The molecule has 7 nitrogen and oxygen atoms in total. The quantitative estimate of drug-likeness (QED) is 0.765. The molecule has 3 N–H and O–H groups in total. The number of pyridine rings is 1. The van der Waals surface area contributed by atoms with Crippen LogP contribution in [0.3, 0.4) is 0 Å². The number of halogens is 3. The van der Waals surface area contributed by atoms with Gasteiger partial charge in [0, 0.05) is 5.56 Å². The van der Waals surface area contributed by atoms with Crippen molar-refractivity contribution >= 4 is 5.91 Å². The third-order valence-corrected chi connectivity index (χ3v) is 4.52. The van der Waals surface area contributed by atoms with Crippen LogP contribution in [0.5, 0.6) is 5.75 Å². The lowest BCUT2D eigenvalue weighted by Crippen LogP contribution is -2.44. The zero-order chi connectivity index (χ0) is 22.1. The van der Waals surface area contributed by atoms with Crippen LogP contribution >= 0.6 is 0 Å². The fourth-order valence-electron chi connectivity index (χ4n) is 2.91. The number of carbonyl (C=O) groups excluding carboxylic acids is 1. The van der Waals surface area contributed by atoms with Crippen LogP contribution in [0.1, 0.15) is 29.9 Å². The van der Waals surface area contributed by atoms with Gasteiger partial charge in [0.05, 0.1) is 18.8 Å². The summed E-state index contributed by atoms with van der Waals surface area (Å²) in [5, 5.41) is 0. The molecule has 1 aliphatic rings. The Morgan fingerprint density at radius 3 is 2.50 bits per heavy atom. The zero-order valence-electron chi connectivity index (χ0n) is 16.3. The first-order valence-electron chi connectivity index (χ1n) is 9.09. The number of nitrogens with one attached hydrogen (secondary N) is 1. The Bertz CT molecular complexity index is 973. The minimum absolute atomic E-state index is 0.132. The summed E-state index contributed by atoms with van der Waals surface area (Å²) in [6.45, 7) is 4.84. The van der Waals surface area contributed by atoms with E-state index < -0.39 is 28.9 Å². The molecule has 0 bridgehead atoms. The van der Waals surface area contributed by atoms with Gasteiger partial charge in [-0.3, -0.25) is 9.59 Å². The van der Waals surface area contributed by atoms with Crippen molar-refractivity contribution in [2.45, 2.75) is 31.7 Å². The van der Waals surface area contributed by atoms with Gasteiger partial charge in [0.1, 0.15) is 29.7 Å². The van der Waals surface area contributed by atoms with Crippen molar-refractivity contribution in [3.8, 4) is 16.9 Å². The summed E-state index contributed by atoms with van der Waals surface area (Å²) in [4.78, 5) is 24.8. The number of alkyl halides is 3. The van der Waals surface area contributed by atoms with Crippen LogP contribution in [0.25, 0.3) is 11.1 Å². The Labute approximate surface area is 169 Å². The van der Waals surface area contributed by atoms with Gasteiger partial charge in [-0.2, -0.15) is 13.2 Å². The van der Waals surface area contributed by atoms with Crippen LogP contribution in [0, 0.1) is 0 Å². The molecular weight excluding hydrogens is 405 g/mol. The minimum atomic E-state index is -4.83. The molecule has 1 saturated heterocycles. The molecule has 162 valence electrons. The predicted octanol–water partition coefficient (Wildman–Crippen LogP) is 2.73. The summed E-state index contributed by atoms with van der Waals surface area (Å²) in [7, 11) is 0. The van der Waals surface area contributed by atoms with Crippen molar-refractivity contribution < 1.29 is 32.2 Å². The van der Waals surface area contributed by atoms with Gasteiger partial charge in [-0.1, -0.05) is 12.1 Å². The summed E-state index contributed by atoms with van der Waals surface area (Å²) < 4.78 is 57.0. The molecule has 1 fully saturated rings. The van der Waals surface area contributed by atoms with Crippen molar-refractivity contribution in [1.29, 1.82) is 0 Å². The maximum atomic E-state index is 13.4. The van der Waals surface area contributed by atoms with Crippen molar-refractivity contribution in [2.75, 3.05) is 19.8 Å². The van der Waals surface area contributed by atoms with Crippen molar-refractivity contribution in [1.82, 2.24) is 4.98 Å². The second-order valence-electron chi connectivity index (χ2n) is 7.50. The number of hydrogen-bond acceptors (Lipinski definition) is 5. The Kier molecular flexibility index (Phi) is 5.91. The molecule has 0 spiro atoms. The minimum Gasteiger partial charge on any atom is -0.491 e. The summed E-state index contributed by atoms with van der Waals surface area (Å²) in [5.74, 6) is -0.704. The summed E-state index contributed by atoms with van der Waals surface area (Å²) in [5.41, 5.74) is 1.48. The maximum Gasteiger partial charge on any atom is 0.431 e. The summed E-state index contributed by atoms with van der Waals surface area (Å²) >= 11 is 0. The predicted molar refractivity (Wildman–Crippen MR) is 101 cm³/mol. The average molecular weight is 426 g/mol. The van der Waals surface area contributed by atoms with E-state index in [9.17, 15) is 22.8 Å². The highest BCUT2D eigenvalue weighted by Gasteiger charge is 2.36. The third-order valence-electron chi connectivity index (χ3n) is 4.52. The summed E-state index contributed by atoms with van der Waals surface area (Å²) in [6, 6.07) is 6.60. The number of amides is 1. The molecule has 1 unspecified atom stereocenters. The molecule has 0 aliphatic carbocycles. The molecule has 0 saturated carbocycles. The van der Waals surface area contributed by atoms with Crippen LogP contribution in [0.4, 0.5) is 13.2 Å². The van der Waals surface area contributed by atoms with E-state index in [-0.39, 0.29) is 29.4 Å². The third kappa shape index (κ3) is 5.00. The molecular formula is C20H21F3N2O5. The highest BCUT2D eigenvalue weighted by molar-refractivity contribution is 5.93. The van der Waals surface area contributed by atoms with E-state index in [1.165, 1.54) is 24.3 Å². The van der Waals surface area contributed by atoms with Crippen molar-refractivity contribution in [2.24, 2.45) is 5.73 Å². The molecule has 2 heterocycles. The Morgan fingerprint density at radius 1 is 1.30 bits per heavy atom. The van der Waals surface area contributed by atoms with Crippen molar-refractivity contribution in [3.05, 3.63) is 51.9 Å². The van der Waals surface area contributed by atoms with E-state index in [1.807, 2.05) is 13.8 Å². The van der Waals surface area contributed by atoms with Gasteiger partial charge in [0.2, 0.25) is 0 Å². The Hall–Kier alpha value is -2.85. The largest absolute Gasteiger partial charge is 0.491 e. The van der Waals surface area contributed by atoms with Crippen LogP contribution in [0.2, 0.25) is 0 Å². The number of H-pyrrole nitrogens is 1. The van der Waals surface area contributed by atoms with E-state index in [0.29, 0.717) is 19.0 Å². The second kappa shape index (κ2) is 8.11. The van der Waals surface area contributed by atoms with E-state index >= 15 is 0 Å². The molecule has 2 aromatic rings. The molecule has 1 amide bonds.